The molecule has 1 N–H and O–H groups in total. The molecule has 0 radical (unpaired) electrons. The molecule has 1 aromatic carbocycles. The summed E-state index contributed by atoms with van der Waals surface area (Å²) in [6.45, 7) is 9.47. The van der Waals surface area contributed by atoms with Crippen molar-refractivity contribution in [3.8, 4) is 5.75 Å². The maximum atomic E-state index is 13.4. The van der Waals surface area contributed by atoms with E-state index in [-0.39, 0.29) is 22.2 Å². The van der Waals surface area contributed by atoms with Gasteiger partial charge in [-0.3, -0.25) is 14.5 Å². The number of hydrogen-bond acceptors (Lipinski definition) is 8. The lowest BCUT2D eigenvalue weighted by atomic mass is 9.96. The first kappa shape index (κ1) is 23.4. The summed E-state index contributed by atoms with van der Waals surface area (Å²) in [5.41, 5.74) is 3.01. The van der Waals surface area contributed by atoms with Gasteiger partial charge in [0.2, 0.25) is 5.13 Å². The summed E-state index contributed by atoms with van der Waals surface area (Å²) < 4.78 is 7.42. The van der Waals surface area contributed by atoms with E-state index in [1.54, 1.807) is 44.2 Å². The topological polar surface area (TPSA) is 110 Å². The summed E-state index contributed by atoms with van der Waals surface area (Å²) in [5, 5.41) is 20.5. The Bertz CT molecular complexity index is 1550. The average Bonchev–Trinajstić information content (AvgIpc) is 3.53. The molecule has 0 spiro atoms. The number of aliphatic hydroxyl groups excluding tert-OH is 1. The fraction of sp³-hybridized carbons (Fsp3) is 0.192. The molecule has 0 aliphatic carbocycles. The predicted octanol–water partition coefficient (Wildman–Crippen LogP) is 4.30. The minimum Gasteiger partial charge on any atom is -0.505 e. The van der Waals surface area contributed by atoms with E-state index in [2.05, 4.69) is 21.8 Å². The van der Waals surface area contributed by atoms with Crippen LogP contribution in [0.2, 0.25) is 0 Å². The van der Waals surface area contributed by atoms with Gasteiger partial charge in [0.15, 0.2) is 5.76 Å². The Kier molecular flexibility index (Phi) is 5.89. The van der Waals surface area contributed by atoms with Crippen LogP contribution in [0.5, 0.6) is 5.75 Å². The lowest BCUT2D eigenvalue weighted by Gasteiger charge is -2.22. The normalized spacial score (nSPS) is 17.2. The molecule has 1 amide bonds. The molecular formula is C26H23N5O4S. The highest BCUT2D eigenvalue weighted by Gasteiger charge is 2.48. The predicted molar refractivity (Wildman–Crippen MR) is 136 cm³/mol. The molecule has 3 aromatic heterocycles. The molecule has 1 aliphatic heterocycles. The molecule has 10 heteroatoms. The van der Waals surface area contributed by atoms with Gasteiger partial charge in [-0.1, -0.05) is 42.2 Å². The highest BCUT2D eigenvalue weighted by Crippen LogP contribution is 2.43. The van der Waals surface area contributed by atoms with Gasteiger partial charge in [-0.25, -0.2) is 4.98 Å². The Hall–Kier alpha value is -4.31. The number of carbonyl (C=O) groups is 2. The molecule has 4 aromatic rings. The van der Waals surface area contributed by atoms with Crippen molar-refractivity contribution >= 4 is 39.6 Å². The van der Waals surface area contributed by atoms with Crippen molar-refractivity contribution in [2.75, 3.05) is 11.5 Å². The van der Waals surface area contributed by atoms with E-state index >= 15 is 0 Å². The Morgan fingerprint density at radius 1 is 1.17 bits per heavy atom. The maximum Gasteiger partial charge on any atom is 0.301 e. The fourth-order valence-electron chi connectivity index (χ4n) is 4.30. The van der Waals surface area contributed by atoms with Crippen molar-refractivity contribution in [2.24, 2.45) is 0 Å². The van der Waals surface area contributed by atoms with Gasteiger partial charge in [-0.2, -0.15) is 0 Å². The molecule has 182 valence electrons. The van der Waals surface area contributed by atoms with Crippen LogP contribution in [0.25, 0.3) is 11.4 Å². The van der Waals surface area contributed by atoms with Crippen LogP contribution in [-0.2, 0) is 9.59 Å². The number of fused-ring (bicyclic) bond motifs is 1. The van der Waals surface area contributed by atoms with Crippen LogP contribution in [0.3, 0.4) is 0 Å². The van der Waals surface area contributed by atoms with Gasteiger partial charge in [0, 0.05) is 6.20 Å². The molecule has 36 heavy (non-hydrogen) atoms. The molecule has 1 unspecified atom stereocenters. The van der Waals surface area contributed by atoms with Crippen LogP contribution < -0.4 is 9.64 Å². The molecule has 0 bridgehead atoms. The number of aliphatic hydroxyl groups is 1. The fourth-order valence-corrected chi connectivity index (χ4v) is 5.02. The summed E-state index contributed by atoms with van der Waals surface area (Å²) in [6, 6.07) is 9.86. The first-order valence-electron chi connectivity index (χ1n) is 11.2. The summed E-state index contributed by atoms with van der Waals surface area (Å²) in [4.78, 5) is 32.5. The second-order valence-electron chi connectivity index (χ2n) is 8.37. The van der Waals surface area contributed by atoms with E-state index in [1.807, 2.05) is 29.7 Å². The summed E-state index contributed by atoms with van der Waals surface area (Å²) in [7, 11) is 0. The second kappa shape index (κ2) is 9.04. The van der Waals surface area contributed by atoms with E-state index in [9.17, 15) is 14.7 Å². The zero-order chi connectivity index (χ0) is 25.6. The van der Waals surface area contributed by atoms with Gasteiger partial charge in [0.25, 0.3) is 5.78 Å². The van der Waals surface area contributed by atoms with Gasteiger partial charge in [0.05, 0.1) is 17.3 Å². The smallest absolute Gasteiger partial charge is 0.301 e. The van der Waals surface area contributed by atoms with E-state index in [0.717, 1.165) is 5.56 Å². The minimum atomic E-state index is -0.920. The SMILES string of the molecule is C=CCOc1ccc(C2C(=C(O)c3nc4c(C)cccn4c3C)C(=O)C(=O)N2c2nnc(C)s2)cc1. The molecule has 1 aliphatic rings. The standard InChI is InChI=1S/C26H23N5O4S/c1-5-13-35-18-10-8-17(9-11-18)21-19(23(33)25(34)31(21)26-29-28-16(4)36-26)22(32)20-15(3)30-12-6-7-14(2)24(30)27-20/h5-12,21,32H,1,13H2,2-4H3. The molecule has 5 rings (SSSR count). The van der Waals surface area contributed by atoms with Gasteiger partial charge in [-0.05, 0) is 50.1 Å². The minimum absolute atomic E-state index is 0.0585. The van der Waals surface area contributed by atoms with Gasteiger partial charge in [0.1, 0.15) is 28.7 Å². The number of rotatable bonds is 6. The number of anilines is 1. The number of carbonyl (C=O) groups excluding carboxylic acids is 2. The Balaban J connectivity index is 1.71. The van der Waals surface area contributed by atoms with Crippen molar-refractivity contribution in [2.45, 2.75) is 26.8 Å². The lowest BCUT2D eigenvalue weighted by Crippen LogP contribution is -2.29. The largest absolute Gasteiger partial charge is 0.505 e. The maximum absolute atomic E-state index is 13.4. The van der Waals surface area contributed by atoms with E-state index in [4.69, 9.17) is 4.74 Å². The number of aromatic nitrogens is 4. The molecule has 1 fully saturated rings. The van der Waals surface area contributed by atoms with Crippen LogP contribution >= 0.6 is 11.3 Å². The van der Waals surface area contributed by atoms with Crippen molar-refractivity contribution in [1.82, 2.24) is 19.6 Å². The van der Waals surface area contributed by atoms with Crippen LogP contribution in [0, 0.1) is 20.8 Å². The quantitative estimate of drug-likeness (QED) is 0.182. The van der Waals surface area contributed by atoms with E-state index < -0.39 is 17.7 Å². The van der Waals surface area contributed by atoms with Gasteiger partial charge >= 0.3 is 5.91 Å². The van der Waals surface area contributed by atoms with E-state index in [1.165, 1.54) is 16.2 Å². The number of nitrogens with zero attached hydrogens (tertiary/aromatic N) is 5. The third-order valence-corrected chi connectivity index (χ3v) is 6.88. The number of imidazole rings is 1. The lowest BCUT2D eigenvalue weighted by molar-refractivity contribution is -0.132. The van der Waals surface area contributed by atoms with E-state index in [0.29, 0.717) is 34.3 Å². The second-order valence-corrected chi connectivity index (χ2v) is 9.53. The van der Waals surface area contributed by atoms with Crippen molar-refractivity contribution < 1.29 is 19.4 Å². The average molecular weight is 502 g/mol. The molecule has 1 saturated heterocycles. The highest BCUT2D eigenvalue weighted by molar-refractivity contribution is 7.15. The van der Waals surface area contributed by atoms with Crippen molar-refractivity contribution in [3.05, 3.63) is 88.3 Å². The number of benzene rings is 1. The number of Topliss-reactive ketones (excluding diaryl/α,β-unsaturated/α-hetero) is 1. The van der Waals surface area contributed by atoms with Crippen LogP contribution in [0.1, 0.15) is 33.6 Å². The third kappa shape index (κ3) is 3.75. The van der Waals surface area contributed by atoms with Crippen molar-refractivity contribution in [1.29, 1.82) is 0 Å². The Morgan fingerprint density at radius 2 is 1.92 bits per heavy atom. The van der Waals surface area contributed by atoms with Gasteiger partial charge < -0.3 is 14.2 Å². The number of pyridine rings is 1. The molecular weight excluding hydrogens is 478 g/mol. The number of aryl methyl sites for hydroxylation is 3. The van der Waals surface area contributed by atoms with Crippen LogP contribution in [0.15, 0.2) is 60.8 Å². The molecule has 9 nitrogen and oxygen atoms in total. The summed E-state index contributed by atoms with van der Waals surface area (Å²) in [6.07, 6.45) is 3.48. The summed E-state index contributed by atoms with van der Waals surface area (Å²) >= 11 is 1.19. The number of ether oxygens (including phenoxy) is 1. The van der Waals surface area contributed by atoms with Crippen molar-refractivity contribution in [3.63, 3.8) is 0 Å². The molecule has 0 saturated carbocycles. The first-order valence-corrected chi connectivity index (χ1v) is 12.0. The number of amides is 1. The van der Waals surface area contributed by atoms with Crippen LogP contribution in [-0.4, -0.2) is 43.0 Å². The zero-order valence-corrected chi connectivity index (χ0v) is 20.7. The molecule has 4 heterocycles. The zero-order valence-electron chi connectivity index (χ0n) is 19.9. The highest BCUT2D eigenvalue weighted by atomic mass is 32.1. The Labute approximate surface area is 211 Å². The summed E-state index contributed by atoms with van der Waals surface area (Å²) in [5.74, 6) is -1.34. The number of ketones is 1. The molecule has 1 atom stereocenters. The monoisotopic (exact) mass is 501 g/mol. The number of hydrogen-bond donors (Lipinski definition) is 1. The van der Waals surface area contributed by atoms with Crippen LogP contribution in [0.4, 0.5) is 5.13 Å². The third-order valence-electron chi connectivity index (χ3n) is 6.04. The Morgan fingerprint density at radius 3 is 2.56 bits per heavy atom. The van der Waals surface area contributed by atoms with Gasteiger partial charge in [-0.15, -0.1) is 10.2 Å². The first-order chi connectivity index (χ1) is 17.3.